The standard InChI is InChI=1S/C13H17F2NS/c1-17-13-11(14)3-2-10(12(13)15)8-9-4-6-16-7-5-9/h2-3,9,16H,4-8H2,1H3. The summed E-state index contributed by atoms with van der Waals surface area (Å²) in [5, 5.41) is 3.29. The van der Waals surface area contributed by atoms with Crippen LogP contribution in [0.25, 0.3) is 0 Å². The highest BCUT2D eigenvalue weighted by Gasteiger charge is 2.18. The number of thioether (sulfide) groups is 1. The van der Waals surface area contributed by atoms with Crippen molar-refractivity contribution in [2.45, 2.75) is 24.2 Å². The van der Waals surface area contributed by atoms with Crippen LogP contribution in [0.1, 0.15) is 18.4 Å². The summed E-state index contributed by atoms with van der Waals surface area (Å²) in [6.07, 6.45) is 4.58. The first-order valence-electron chi connectivity index (χ1n) is 5.94. The van der Waals surface area contributed by atoms with E-state index in [1.54, 1.807) is 12.3 Å². The van der Waals surface area contributed by atoms with Crippen molar-refractivity contribution in [3.05, 3.63) is 29.3 Å². The van der Waals surface area contributed by atoms with E-state index in [1.807, 2.05) is 0 Å². The molecule has 0 saturated carbocycles. The molecule has 17 heavy (non-hydrogen) atoms. The van der Waals surface area contributed by atoms with Crippen LogP contribution in [0.2, 0.25) is 0 Å². The first-order valence-corrected chi connectivity index (χ1v) is 7.16. The molecular formula is C13H17F2NS. The van der Waals surface area contributed by atoms with Gasteiger partial charge >= 0.3 is 0 Å². The van der Waals surface area contributed by atoms with Gasteiger partial charge in [-0.05, 0) is 56.2 Å². The van der Waals surface area contributed by atoms with Gasteiger partial charge in [-0.3, -0.25) is 0 Å². The number of nitrogens with one attached hydrogen (secondary N) is 1. The van der Waals surface area contributed by atoms with E-state index in [0.717, 1.165) is 44.1 Å². The predicted molar refractivity (Wildman–Crippen MR) is 67.4 cm³/mol. The van der Waals surface area contributed by atoms with Crippen LogP contribution in [0.5, 0.6) is 0 Å². The maximum absolute atomic E-state index is 14.0. The Hall–Kier alpha value is -0.610. The molecule has 1 fully saturated rings. The van der Waals surface area contributed by atoms with Gasteiger partial charge in [0, 0.05) is 0 Å². The zero-order valence-electron chi connectivity index (χ0n) is 9.93. The maximum Gasteiger partial charge on any atom is 0.142 e. The Bertz CT molecular complexity index is 389. The van der Waals surface area contributed by atoms with Crippen LogP contribution >= 0.6 is 11.8 Å². The lowest BCUT2D eigenvalue weighted by atomic mass is 9.91. The molecule has 2 rings (SSSR count). The first-order chi connectivity index (χ1) is 8.22. The van der Waals surface area contributed by atoms with Crippen molar-refractivity contribution >= 4 is 11.8 Å². The molecule has 0 aliphatic carbocycles. The molecule has 0 radical (unpaired) electrons. The average molecular weight is 257 g/mol. The Labute approximate surface area is 105 Å². The lowest BCUT2D eigenvalue weighted by Gasteiger charge is -2.23. The largest absolute Gasteiger partial charge is 0.317 e. The molecule has 0 spiro atoms. The Morgan fingerprint density at radius 2 is 2.00 bits per heavy atom. The monoisotopic (exact) mass is 257 g/mol. The molecule has 0 bridgehead atoms. The molecule has 1 aliphatic heterocycles. The molecule has 0 amide bonds. The fourth-order valence-electron chi connectivity index (χ4n) is 2.31. The molecule has 1 aromatic carbocycles. The van der Waals surface area contributed by atoms with Gasteiger partial charge in [0.15, 0.2) is 0 Å². The third-order valence-electron chi connectivity index (χ3n) is 3.30. The van der Waals surface area contributed by atoms with Crippen LogP contribution < -0.4 is 5.32 Å². The van der Waals surface area contributed by atoms with E-state index >= 15 is 0 Å². The summed E-state index contributed by atoms with van der Waals surface area (Å²) >= 11 is 1.14. The highest BCUT2D eigenvalue weighted by Crippen LogP contribution is 2.28. The second-order valence-electron chi connectivity index (χ2n) is 4.45. The number of hydrogen-bond acceptors (Lipinski definition) is 2. The number of hydrogen-bond donors (Lipinski definition) is 1. The van der Waals surface area contributed by atoms with E-state index in [2.05, 4.69) is 5.32 Å². The van der Waals surface area contributed by atoms with Gasteiger partial charge in [0.2, 0.25) is 0 Å². The Balaban J connectivity index is 2.15. The summed E-state index contributed by atoms with van der Waals surface area (Å²) in [4.78, 5) is 0.149. The predicted octanol–water partition coefficient (Wildman–Crippen LogP) is 3.23. The summed E-state index contributed by atoms with van der Waals surface area (Å²) in [5.74, 6) is -0.300. The van der Waals surface area contributed by atoms with Gasteiger partial charge in [0.05, 0.1) is 4.90 Å². The Morgan fingerprint density at radius 3 is 2.65 bits per heavy atom. The van der Waals surface area contributed by atoms with Crippen molar-refractivity contribution in [1.82, 2.24) is 5.32 Å². The van der Waals surface area contributed by atoms with Gasteiger partial charge in [-0.15, -0.1) is 11.8 Å². The number of benzene rings is 1. The smallest absolute Gasteiger partial charge is 0.142 e. The molecule has 0 unspecified atom stereocenters. The molecular weight excluding hydrogens is 240 g/mol. The third kappa shape index (κ3) is 2.99. The molecule has 1 N–H and O–H groups in total. The topological polar surface area (TPSA) is 12.0 Å². The molecule has 4 heteroatoms. The molecule has 0 aromatic heterocycles. The van der Waals surface area contributed by atoms with Crippen molar-refractivity contribution < 1.29 is 8.78 Å². The van der Waals surface area contributed by atoms with E-state index in [0.29, 0.717) is 11.5 Å². The molecule has 1 heterocycles. The van der Waals surface area contributed by atoms with Crippen molar-refractivity contribution in [2.75, 3.05) is 19.3 Å². The maximum atomic E-state index is 14.0. The minimum atomic E-state index is -0.455. The summed E-state index contributed by atoms with van der Waals surface area (Å²) in [7, 11) is 0. The molecule has 1 aromatic rings. The van der Waals surface area contributed by atoms with Gasteiger partial charge in [0.25, 0.3) is 0 Å². The summed E-state index contributed by atoms with van der Waals surface area (Å²) in [6, 6.07) is 2.97. The van der Waals surface area contributed by atoms with Crippen molar-refractivity contribution in [3.8, 4) is 0 Å². The van der Waals surface area contributed by atoms with Crippen LogP contribution in [0.4, 0.5) is 8.78 Å². The minimum Gasteiger partial charge on any atom is -0.317 e. The number of halogens is 2. The molecule has 1 saturated heterocycles. The normalized spacial score (nSPS) is 17.4. The summed E-state index contributed by atoms with van der Waals surface area (Å²) in [6.45, 7) is 2.01. The Kier molecular flexibility index (Phi) is 4.40. The van der Waals surface area contributed by atoms with Crippen LogP contribution in [-0.2, 0) is 6.42 Å². The van der Waals surface area contributed by atoms with Crippen LogP contribution in [0.15, 0.2) is 17.0 Å². The molecule has 1 nitrogen and oxygen atoms in total. The minimum absolute atomic E-state index is 0.149. The van der Waals surface area contributed by atoms with Crippen LogP contribution in [0, 0.1) is 17.6 Å². The van der Waals surface area contributed by atoms with Gasteiger partial charge in [-0.1, -0.05) is 6.07 Å². The zero-order chi connectivity index (χ0) is 12.3. The average Bonchev–Trinajstić information content (AvgIpc) is 2.35. The molecule has 94 valence electrons. The van der Waals surface area contributed by atoms with Gasteiger partial charge in [-0.25, -0.2) is 8.78 Å². The van der Waals surface area contributed by atoms with Gasteiger partial charge < -0.3 is 5.32 Å². The number of piperidine rings is 1. The quantitative estimate of drug-likeness (QED) is 0.834. The Morgan fingerprint density at radius 1 is 1.29 bits per heavy atom. The van der Waals surface area contributed by atoms with Crippen molar-refractivity contribution in [2.24, 2.45) is 5.92 Å². The fourth-order valence-corrected chi connectivity index (χ4v) is 2.89. The van der Waals surface area contributed by atoms with E-state index < -0.39 is 5.82 Å². The highest BCUT2D eigenvalue weighted by atomic mass is 32.2. The summed E-state index contributed by atoms with van der Waals surface area (Å²) in [5.41, 5.74) is 0.655. The first kappa shape index (κ1) is 12.8. The van der Waals surface area contributed by atoms with E-state index in [1.165, 1.54) is 6.07 Å². The van der Waals surface area contributed by atoms with E-state index in [-0.39, 0.29) is 10.7 Å². The molecule has 1 aliphatic rings. The second kappa shape index (κ2) is 5.83. The zero-order valence-corrected chi connectivity index (χ0v) is 10.7. The summed E-state index contributed by atoms with van der Waals surface area (Å²) < 4.78 is 27.4. The van der Waals surface area contributed by atoms with E-state index in [9.17, 15) is 8.78 Å². The number of rotatable bonds is 3. The van der Waals surface area contributed by atoms with Crippen LogP contribution in [-0.4, -0.2) is 19.3 Å². The van der Waals surface area contributed by atoms with Crippen molar-refractivity contribution in [3.63, 3.8) is 0 Å². The lowest BCUT2D eigenvalue weighted by Crippen LogP contribution is -2.28. The fraction of sp³-hybridized carbons (Fsp3) is 0.538. The van der Waals surface area contributed by atoms with Gasteiger partial charge in [-0.2, -0.15) is 0 Å². The lowest BCUT2D eigenvalue weighted by molar-refractivity contribution is 0.367. The van der Waals surface area contributed by atoms with Crippen molar-refractivity contribution in [1.29, 1.82) is 0 Å². The second-order valence-corrected chi connectivity index (χ2v) is 5.27. The SMILES string of the molecule is CSc1c(F)ccc(CC2CCNCC2)c1F. The third-order valence-corrected chi connectivity index (χ3v) is 4.08. The van der Waals surface area contributed by atoms with Gasteiger partial charge in [0.1, 0.15) is 11.6 Å². The van der Waals surface area contributed by atoms with E-state index in [4.69, 9.17) is 0 Å². The molecule has 0 atom stereocenters. The van der Waals surface area contributed by atoms with Crippen LogP contribution in [0.3, 0.4) is 0 Å². The highest BCUT2D eigenvalue weighted by molar-refractivity contribution is 7.98.